The third-order valence-electron chi connectivity index (χ3n) is 5.27. The molecule has 0 atom stereocenters. The van der Waals surface area contributed by atoms with Crippen molar-refractivity contribution in [3.63, 3.8) is 0 Å². The van der Waals surface area contributed by atoms with E-state index in [-0.39, 0.29) is 0 Å². The molecule has 0 spiro atoms. The van der Waals surface area contributed by atoms with Crippen LogP contribution in [0.3, 0.4) is 0 Å². The van der Waals surface area contributed by atoms with E-state index in [0.29, 0.717) is 11.8 Å². The van der Waals surface area contributed by atoms with Crippen molar-refractivity contribution in [2.75, 3.05) is 0 Å². The van der Waals surface area contributed by atoms with Crippen LogP contribution < -0.4 is 0 Å². The van der Waals surface area contributed by atoms with Gasteiger partial charge in [-0.3, -0.25) is 0 Å². The number of rotatable bonds is 2. The average molecular weight is 305 g/mol. The van der Waals surface area contributed by atoms with Gasteiger partial charge in [0.25, 0.3) is 0 Å². The number of hydrogen-bond donors (Lipinski definition) is 1. The molecule has 5 rings (SSSR count). The van der Waals surface area contributed by atoms with Crippen LogP contribution in [-0.4, -0.2) is 15.2 Å². The normalized spacial score (nSPS) is 17.2. The molecule has 4 nitrogen and oxygen atoms in total. The molecule has 116 valence electrons. The van der Waals surface area contributed by atoms with Crippen LogP contribution in [0.4, 0.5) is 0 Å². The summed E-state index contributed by atoms with van der Waals surface area (Å²) < 4.78 is 6.05. The zero-order valence-electron chi connectivity index (χ0n) is 13.0. The Morgan fingerprint density at radius 1 is 1.00 bits per heavy atom. The number of fused-ring (bicyclic) bond motifs is 3. The molecule has 0 radical (unpaired) electrons. The highest BCUT2D eigenvalue weighted by atomic mass is 16.4. The van der Waals surface area contributed by atoms with Gasteiger partial charge in [0.05, 0.1) is 11.3 Å². The number of nitrogens with zero attached hydrogens (tertiary/aromatic N) is 2. The number of nitrogens with one attached hydrogen (secondary N) is 1. The largest absolute Gasteiger partial charge is 0.420 e. The van der Waals surface area contributed by atoms with E-state index in [2.05, 4.69) is 39.4 Å². The van der Waals surface area contributed by atoms with Crippen molar-refractivity contribution < 1.29 is 4.42 Å². The van der Waals surface area contributed by atoms with E-state index in [9.17, 15) is 0 Å². The molecule has 2 aliphatic rings. The van der Waals surface area contributed by atoms with Crippen molar-refractivity contribution >= 4 is 0 Å². The summed E-state index contributed by atoms with van der Waals surface area (Å²) >= 11 is 0. The van der Waals surface area contributed by atoms with E-state index in [1.807, 2.05) is 6.20 Å². The van der Waals surface area contributed by atoms with Crippen molar-refractivity contribution in [1.82, 2.24) is 15.2 Å². The van der Waals surface area contributed by atoms with Crippen molar-refractivity contribution in [2.45, 2.75) is 44.4 Å². The maximum Gasteiger partial charge on any atom is 0.249 e. The molecular formula is C19H19N3O. The summed E-state index contributed by atoms with van der Waals surface area (Å²) in [6, 6.07) is 8.54. The first-order valence-electron chi connectivity index (χ1n) is 8.52. The number of benzene rings is 1. The highest BCUT2D eigenvalue weighted by Crippen LogP contribution is 2.41. The maximum atomic E-state index is 6.05. The van der Waals surface area contributed by atoms with Crippen molar-refractivity contribution in [3.05, 3.63) is 47.5 Å². The predicted octanol–water partition coefficient (Wildman–Crippen LogP) is 4.68. The summed E-state index contributed by atoms with van der Waals surface area (Å²) in [5, 5.41) is 8.68. The van der Waals surface area contributed by atoms with Crippen LogP contribution in [0.5, 0.6) is 0 Å². The molecule has 2 aromatic heterocycles. The Bertz CT molecular complexity index is 855. The Morgan fingerprint density at radius 3 is 2.78 bits per heavy atom. The van der Waals surface area contributed by atoms with Gasteiger partial charge in [0.15, 0.2) is 0 Å². The van der Waals surface area contributed by atoms with Gasteiger partial charge in [-0.25, -0.2) is 0 Å². The predicted molar refractivity (Wildman–Crippen MR) is 88.2 cm³/mol. The summed E-state index contributed by atoms with van der Waals surface area (Å²) in [6.45, 7) is 0. The Hall–Kier alpha value is -2.36. The van der Waals surface area contributed by atoms with Gasteiger partial charge in [0, 0.05) is 24.1 Å². The SMILES string of the molecule is c1ccc2c(c1)Cc1c(-c3nnc(C4CCCCC4)o3)c[nH]c1-2. The second-order valence-electron chi connectivity index (χ2n) is 6.67. The Labute approximate surface area is 134 Å². The third-order valence-corrected chi connectivity index (χ3v) is 5.27. The Balaban J connectivity index is 1.50. The first-order chi connectivity index (χ1) is 11.4. The number of H-pyrrole nitrogens is 1. The molecule has 2 aliphatic carbocycles. The average Bonchev–Trinajstić information content (AvgIpc) is 3.30. The Morgan fingerprint density at radius 2 is 1.87 bits per heavy atom. The summed E-state index contributed by atoms with van der Waals surface area (Å²) in [7, 11) is 0. The lowest BCUT2D eigenvalue weighted by atomic mass is 9.89. The second-order valence-corrected chi connectivity index (χ2v) is 6.67. The third kappa shape index (κ3) is 2.05. The molecule has 0 amide bonds. The van der Waals surface area contributed by atoms with Crippen LogP contribution in [0.1, 0.15) is 55.0 Å². The minimum absolute atomic E-state index is 0.453. The van der Waals surface area contributed by atoms with Crippen LogP contribution in [0.15, 0.2) is 34.9 Å². The van der Waals surface area contributed by atoms with Crippen LogP contribution in [0.25, 0.3) is 22.7 Å². The molecule has 4 heteroatoms. The van der Waals surface area contributed by atoms with E-state index in [4.69, 9.17) is 4.42 Å². The summed E-state index contributed by atoms with van der Waals surface area (Å²) in [5.41, 5.74) is 6.20. The van der Waals surface area contributed by atoms with E-state index in [0.717, 1.165) is 17.9 Å². The zero-order valence-corrected chi connectivity index (χ0v) is 13.0. The molecule has 2 heterocycles. The molecule has 1 fully saturated rings. The molecule has 1 N–H and O–H groups in total. The van der Waals surface area contributed by atoms with Gasteiger partial charge in [-0.2, -0.15) is 0 Å². The fraction of sp³-hybridized carbons (Fsp3) is 0.368. The van der Waals surface area contributed by atoms with Crippen molar-refractivity contribution in [1.29, 1.82) is 0 Å². The first-order valence-corrected chi connectivity index (χ1v) is 8.52. The highest BCUT2D eigenvalue weighted by molar-refractivity contribution is 5.81. The summed E-state index contributed by atoms with van der Waals surface area (Å²) in [6.07, 6.45) is 9.19. The van der Waals surface area contributed by atoms with Crippen LogP contribution in [0, 0.1) is 0 Å². The molecule has 0 unspecified atom stereocenters. The maximum absolute atomic E-state index is 6.05. The number of aromatic nitrogens is 3. The Kier molecular flexibility index (Phi) is 2.90. The van der Waals surface area contributed by atoms with Gasteiger partial charge in [0.1, 0.15) is 0 Å². The van der Waals surface area contributed by atoms with Crippen LogP contribution in [-0.2, 0) is 6.42 Å². The molecule has 1 aromatic carbocycles. The van der Waals surface area contributed by atoms with Gasteiger partial charge in [-0.15, -0.1) is 10.2 Å². The highest BCUT2D eigenvalue weighted by Gasteiger charge is 2.27. The molecule has 0 bridgehead atoms. The smallest absolute Gasteiger partial charge is 0.249 e. The molecular weight excluding hydrogens is 286 g/mol. The standard InChI is InChI=1S/C19H19N3O/c1-2-6-12(7-3-1)18-21-22-19(23-18)16-11-20-17-14-9-5-4-8-13(14)10-15(16)17/h4-5,8-9,11-12,20H,1-3,6-7,10H2. The van der Waals surface area contributed by atoms with Gasteiger partial charge in [0.2, 0.25) is 11.8 Å². The van der Waals surface area contributed by atoms with E-state index >= 15 is 0 Å². The van der Waals surface area contributed by atoms with Crippen LogP contribution in [0.2, 0.25) is 0 Å². The van der Waals surface area contributed by atoms with E-state index in [1.165, 1.54) is 54.5 Å². The molecule has 3 aromatic rings. The van der Waals surface area contributed by atoms with Gasteiger partial charge >= 0.3 is 0 Å². The molecule has 0 saturated heterocycles. The monoisotopic (exact) mass is 305 g/mol. The lowest BCUT2D eigenvalue weighted by molar-refractivity contribution is 0.367. The van der Waals surface area contributed by atoms with Crippen molar-refractivity contribution in [3.8, 4) is 22.7 Å². The fourth-order valence-electron chi connectivity index (χ4n) is 4.03. The molecule has 23 heavy (non-hydrogen) atoms. The second kappa shape index (κ2) is 5.08. The van der Waals surface area contributed by atoms with Gasteiger partial charge < -0.3 is 9.40 Å². The molecule has 1 saturated carbocycles. The summed E-state index contributed by atoms with van der Waals surface area (Å²) in [5.74, 6) is 1.94. The number of aromatic amines is 1. The zero-order chi connectivity index (χ0) is 15.2. The van der Waals surface area contributed by atoms with Crippen molar-refractivity contribution in [2.24, 2.45) is 0 Å². The fourth-order valence-corrected chi connectivity index (χ4v) is 4.03. The molecule has 0 aliphatic heterocycles. The van der Waals surface area contributed by atoms with E-state index in [1.54, 1.807) is 0 Å². The van der Waals surface area contributed by atoms with E-state index < -0.39 is 0 Å². The minimum Gasteiger partial charge on any atom is -0.420 e. The topological polar surface area (TPSA) is 54.7 Å². The minimum atomic E-state index is 0.453. The lowest BCUT2D eigenvalue weighted by Crippen LogP contribution is -2.04. The summed E-state index contributed by atoms with van der Waals surface area (Å²) in [4.78, 5) is 3.40. The first kappa shape index (κ1) is 13.1. The van der Waals surface area contributed by atoms with Gasteiger partial charge in [-0.05, 0) is 24.0 Å². The van der Waals surface area contributed by atoms with Gasteiger partial charge in [-0.1, -0.05) is 43.5 Å². The number of hydrogen-bond acceptors (Lipinski definition) is 3. The lowest BCUT2D eigenvalue weighted by Gasteiger charge is -2.17. The quantitative estimate of drug-likeness (QED) is 0.585. The van der Waals surface area contributed by atoms with Crippen LogP contribution >= 0.6 is 0 Å².